The maximum absolute atomic E-state index is 11.9. The molecule has 0 fully saturated rings. The largest absolute Gasteiger partial charge is 1.00 e. The molecule has 0 aromatic heterocycles. The molecule has 0 unspecified atom stereocenters. The molecular weight excluding hydrogens is 322 g/mol. The lowest BCUT2D eigenvalue weighted by Crippen LogP contribution is -3.12. The van der Waals surface area contributed by atoms with Gasteiger partial charge >= 0.3 is 5.97 Å². The second kappa shape index (κ2) is 9.66. The van der Waals surface area contributed by atoms with E-state index in [-0.39, 0.29) is 28.7 Å². The van der Waals surface area contributed by atoms with Crippen molar-refractivity contribution < 1.29 is 36.2 Å². The summed E-state index contributed by atoms with van der Waals surface area (Å²) in [7, 11) is 1.35. The van der Waals surface area contributed by atoms with Crippen molar-refractivity contribution in [3.8, 4) is 0 Å². The van der Waals surface area contributed by atoms with Crippen LogP contribution in [0.4, 0.5) is 0 Å². The Bertz CT molecular complexity index is 427. The molecule has 1 N–H and O–H groups in total. The number of methoxy groups -OCH3 is 1. The fraction of sp³-hybridized carbons (Fsp3) is 0.467. The Labute approximate surface area is 130 Å². The average Bonchev–Trinajstić information content (AvgIpc) is 2.44. The molecule has 0 radical (unpaired) electrons. The Hall–Kier alpha value is -1.20. The van der Waals surface area contributed by atoms with Crippen molar-refractivity contribution in [1.29, 1.82) is 0 Å². The Morgan fingerprint density at radius 2 is 1.65 bits per heavy atom. The van der Waals surface area contributed by atoms with Gasteiger partial charge in [-0.3, -0.25) is 4.79 Å². The molecule has 0 bridgehead atoms. The van der Waals surface area contributed by atoms with E-state index in [1.807, 2.05) is 12.1 Å². The molecule has 0 saturated heterocycles. The first-order valence-corrected chi connectivity index (χ1v) is 6.63. The molecule has 0 amide bonds. The number of benzene rings is 1. The van der Waals surface area contributed by atoms with Crippen molar-refractivity contribution in [2.75, 3.05) is 26.7 Å². The molecule has 0 aliphatic heterocycles. The van der Waals surface area contributed by atoms with Crippen molar-refractivity contribution in [3.63, 3.8) is 0 Å². The molecule has 0 heterocycles. The Morgan fingerprint density at radius 1 is 1.10 bits per heavy atom. The van der Waals surface area contributed by atoms with Crippen LogP contribution in [-0.4, -0.2) is 38.5 Å². The number of ether oxygens (including phenoxy) is 1. The lowest BCUT2D eigenvalue weighted by Gasteiger charge is -2.14. The van der Waals surface area contributed by atoms with Crippen LogP contribution >= 0.6 is 0 Å². The minimum Gasteiger partial charge on any atom is -1.00 e. The predicted molar refractivity (Wildman–Crippen MR) is 73.4 cm³/mol. The van der Waals surface area contributed by atoms with E-state index in [9.17, 15) is 9.59 Å². The summed E-state index contributed by atoms with van der Waals surface area (Å²) < 4.78 is 4.63. The van der Waals surface area contributed by atoms with E-state index in [0.717, 1.165) is 18.7 Å². The second-order valence-electron chi connectivity index (χ2n) is 4.54. The molecule has 0 aliphatic carbocycles. The van der Waals surface area contributed by atoms with Gasteiger partial charge in [-0.2, -0.15) is 0 Å². The van der Waals surface area contributed by atoms with Gasteiger partial charge in [0, 0.05) is 6.42 Å². The van der Waals surface area contributed by atoms with Crippen molar-refractivity contribution in [1.82, 2.24) is 0 Å². The van der Waals surface area contributed by atoms with Gasteiger partial charge in [-0.25, -0.2) is 4.79 Å². The maximum atomic E-state index is 11.9. The highest BCUT2D eigenvalue weighted by Gasteiger charge is 2.12. The molecule has 0 aliphatic rings. The predicted octanol–water partition coefficient (Wildman–Crippen LogP) is -2.49. The number of hydrogen-bond acceptors (Lipinski definition) is 3. The number of ketones is 1. The van der Waals surface area contributed by atoms with Crippen LogP contribution in [0.2, 0.25) is 0 Å². The normalized spacial score (nSPS) is 10.0. The molecule has 112 valence electrons. The number of likely N-dealkylation sites (N-methyl/N-ethyl adjacent to an activating group) is 1. The number of esters is 1. The highest BCUT2D eigenvalue weighted by atomic mass is 79.9. The van der Waals surface area contributed by atoms with Crippen LogP contribution in [0.25, 0.3) is 0 Å². The van der Waals surface area contributed by atoms with Gasteiger partial charge in [0.05, 0.1) is 25.8 Å². The fourth-order valence-corrected chi connectivity index (χ4v) is 1.95. The van der Waals surface area contributed by atoms with Gasteiger partial charge in [0.2, 0.25) is 0 Å². The van der Waals surface area contributed by atoms with Crippen molar-refractivity contribution >= 4 is 11.8 Å². The monoisotopic (exact) mass is 343 g/mol. The first kappa shape index (κ1) is 18.8. The lowest BCUT2D eigenvalue weighted by molar-refractivity contribution is -0.888. The zero-order valence-corrected chi connectivity index (χ0v) is 13.8. The minimum atomic E-state index is -0.356. The maximum Gasteiger partial charge on any atom is 0.337 e. The fourth-order valence-electron chi connectivity index (χ4n) is 1.95. The van der Waals surface area contributed by atoms with E-state index < -0.39 is 0 Å². The van der Waals surface area contributed by atoms with Gasteiger partial charge in [0.25, 0.3) is 0 Å². The molecule has 1 aromatic carbocycles. The number of carbonyl (C=O) groups is 2. The number of halogens is 1. The van der Waals surface area contributed by atoms with Crippen LogP contribution < -0.4 is 21.9 Å². The van der Waals surface area contributed by atoms with E-state index in [0.29, 0.717) is 18.5 Å². The average molecular weight is 344 g/mol. The summed E-state index contributed by atoms with van der Waals surface area (Å²) in [6.07, 6.45) is 0.422. The topological polar surface area (TPSA) is 47.8 Å². The summed E-state index contributed by atoms with van der Waals surface area (Å²) in [5.74, 6) is -0.130. The molecule has 1 rings (SSSR count). The van der Waals surface area contributed by atoms with E-state index in [1.54, 1.807) is 12.1 Å². The number of rotatable bonds is 7. The first-order valence-electron chi connectivity index (χ1n) is 6.63. The summed E-state index contributed by atoms with van der Waals surface area (Å²) in [6.45, 7) is 6.65. The van der Waals surface area contributed by atoms with Gasteiger partial charge in [-0.15, -0.1) is 0 Å². The number of nitrogens with one attached hydrogen (secondary N) is 1. The molecule has 0 atom stereocenters. The summed E-state index contributed by atoms with van der Waals surface area (Å²) >= 11 is 0. The van der Waals surface area contributed by atoms with Crippen LogP contribution in [0.15, 0.2) is 24.3 Å². The van der Waals surface area contributed by atoms with E-state index in [1.165, 1.54) is 12.0 Å². The van der Waals surface area contributed by atoms with Crippen molar-refractivity contribution in [3.05, 3.63) is 35.4 Å². The summed E-state index contributed by atoms with van der Waals surface area (Å²) in [6, 6.07) is 7.00. The van der Waals surface area contributed by atoms with Crippen LogP contribution in [0, 0.1) is 0 Å². The first-order chi connectivity index (χ1) is 9.10. The third-order valence-corrected chi connectivity index (χ3v) is 3.22. The Kier molecular flexibility index (Phi) is 9.08. The number of carbonyl (C=O) groups excluding carboxylic acids is 2. The number of hydrogen-bond donors (Lipinski definition) is 1. The summed E-state index contributed by atoms with van der Waals surface area (Å²) in [5.41, 5.74) is 1.44. The van der Waals surface area contributed by atoms with Crippen molar-refractivity contribution in [2.24, 2.45) is 0 Å². The minimum absolute atomic E-state index is 0. The van der Waals surface area contributed by atoms with Gasteiger partial charge < -0.3 is 26.6 Å². The van der Waals surface area contributed by atoms with Crippen LogP contribution in [-0.2, 0) is 16.0 Å². The van der Waals surface area contributed by atoms with E-state index in [2.05, 4.69) is 18.6 Å². The standard InChI is InChI=1S/C15H21NO3.BrH/c1-4-16(5-2)11-14(17)10-12-6-8-13(9-7-12)15(18)19-3;/h6-9H,4-5,10-11H2,1-3H3;1H. The van der Waals surface area contributed by atoms with Gasteiger partial charge in [0.15, 0.2) is 5.78 Å². The molecular formula is C15H22BrNO3. The smallest absolute Gasteiger partial charge is 0.337 e. The highest BCUT2D eigenvalue weighted by Crippen LogP contribution is 2.06. The molecule has 0 spiro atoms. The third-order valence-electron chi connectivity index (χ3n) is 3.22. The van der Waals surface area contributed by atoms with E-state index in [4.69, 9.17) is 0 Å². The zero-order chi connectivity index (χ0) is 14.3. The Morgan fingerprint density at radius 3 is 2.10 bits per heavy atom. The number of quaternary nitrogens is 1. The number of Topliss-reactive ketones (excluding diaryl/α,β-unsaturated/α-hetero) is 1. The highest BCUT2D eigenvalue weighted by molar-refractivity contribution is 5.89. The lowest BCUT2D eigenvalue weighted by atomic mass is 10.1. The van der Waals surface area contributed by atoms with Gasteiger partial charge in [-0.05, 0) is 31.5 Å². The molecule has 5 heteroatoms. The molecule has 1 aromatic rings. The second-order valence-corrected chi connectivity index (χ2v) is 4.54. The zero-order valence-electron chi connectivity index (χ0n) is 12.2. The summed E-state index contributed by atoms with van der Waals surface area (Å²) in [4.78, 5) is 24.5. The van der Waals surface area contributed by atoms with Gasteiger partial charge in [-0.1, -0.05) is 12.1 Å². The molecule has 20 heavy (non-hydrogen) atoms. The summed E-state index contributed by atoms with van der Waals surface area (Å²) in [5, 5.41) is 0. The molecule has 0 saturated carbocycles. The van der Waals surface area contributed by atoms with Crippen molar-refractivity contribution in [2.45, 2.75) is 20.3 Å². The van der Waals surface area contributed by atoms with Crippen LogP contribution in [0.5, 0.6) is 0 Å². The third kappa shape index (κ3) is 5.84. The van der Waals surface area contributed by atoms with Crippen LogP contribution in [0.3, 0.4) is 0 Å². The molecule has 4 nitrogen and oxygen atoms in total. The SMILES string of the molecule is CC[NH+](CC)CC(=O)Cc1ccc(C(=O)OC)cc1.[Br-]. The van der Waals surface area contributed by atoms with E-state index >= 15 is 0 Å². The van der Waals surface area contributed by atoms with Crippen LogP contribution in [0.1, 0.15) is 29.8 Å². The quantitative estimate of drug-likeness (QED) is 0.557. The Balaban J connectivity index is 0.00000361. The van der Waals surface area contributed by atoms with Gasteiger partial charge in [0.1, 0.15) is 6.54 Å².